The van der Waals surface area contributed by atoms with E-state index in [9.17, 15) is 0 Å². The number of rotatable bonds is 2. The molecule has 0 N–H and O–H groups in total. The van der Waals surface area contributed by atoms with Gasteiger partial charge in [-0.2, -0.15) is 0 Å². The molecular formula is C28H25BiN5O+. The number of benzene rings is 3. The van der Waals surface area contributed by atoms with Gasteiger partial charge in [-0.15, -0.1) is 0 Å². The second kappa shape index (κ2) is 7.28. The SMILES string of the molecule is COc1ccc2c(c1C)n(-c1c3c(cc[n+]1C)c1ccccc1n3C)c1nc3[c]([BiH2])cccc3n21. The predicted octanol–water partition coefficient (Wildman–Crippen LogP) is 3.48. The summed E-state index contributed by atoms with van der Waals surface area (Å²) in [5, 5.41) is 2.49. The minimum absolute atomic E-state index is 0.711. The Morgan fingerprint density at radius 2 is 1.69 bits per heavy atom. The van der Waals surface area contributed by atoms with Crippen molar-refractivity contribution in [1.29, 1.82) is 0 Å². The molecule has 0 saturated heterocycles. The van der Waals surface area contributed by atoms with E-state index in [-0.39, 0.29) is 0 Å². The van der Waals surface area contributed by atoms with Crippen molar-refractivity contribution in [1.82, 2.24) is 18.5 Å². The monoisotopic (exact) mass is 656 g/mol. The maximum atomic E-state index is 5.76. The van der Waals surface area contributed by atoms with Gasteiger partial charge in [-0.3, -0.25) is 0 Å². The fourth-order valence-electron chi connectivity index (χ4n) is 5.70. The number of aryl methyl sites for hydroxylation is 3. The summed E-state index contributed by atoms with van der Waals surface area (Å²) in [6.45, 7) is 2.14. The molecule has 0 amide bonds. The third kappa shape index (κ3) is 2.62. The Balaban J connectivity index is 1.79. The van der Waals surface area contributed by atoms with E-state index in [0.29, 0.717) is 24.7 Å². The molecule has 4 aromatic heterocycles. The number of ether oxygens (including phenoxy) is 1. The van der Waals surface area contributed by atoms with Crippen LogP contribution in [0.3, 0.4) is 0 Å². The van der Waals surface area contributed by atoms with Crippen LogP contribution in [-0.4, -0.2) is 50.3 Å². The van der Waals surface area contributed by atoms with Crippen molar-refractivity contribution in [2.45, 2.75) is 6.92 Å². The molecule has 0 saturated carbocycles. The molecule has 0 bridgehead atoms. The number of aromatic nitrogens is 5. The number of imidazole rings is 2. The zero-order valence-electron chi connectivity index (χ0n) is 20.1. The summed E-state index contributed by atoms with van der Waals surface area (Å²) in [6, 6.07) is 21.6. The van der Waals surface area contributed by atoms with E-state index in [1.807, 2.05) is 0 Å². The Morgan fingerprint density at radius 3 is 2.51 bits per heavy atom. The number of pyridine rings is 1. The normalized spacial score (nSPS) is 12.1. The summed E-state index contributed by atoms with van der Waals surface area (Å²) < 4.78 is 16.3. The fraction of sp³-hybridized carbons (Fsp3) is 0.143. The van der Waals surface area contributed by atoms with Crippen LogP contribution in [0.5, 0.6) is 5.75 Å². The van der Waals surface area contributed by atoms with E-state index in [1.54, 1.807) is 7.11 Å². The van der Waals surface area contributed by atoms with Crippen molar-refractivity contribution >= 4 is 77.6 Å². The molecule has 0 fully saturated rings. The van der Waals surface area contributed by atoms with Crippen molar-refractivity contribution in [3.05, 3.63) is 72.4 Å². The molecule has 0 aliphatic heterocycles. The zero-order valence-corrected chi connectivity index (χ0v) is 24.6. The first-order chi connectivity index (χ1) is 17.0. The van der Waals surface area contributed by atoms with Crippen molar-refractivity contribution in [3.63, 3.8) is 0 Å². The van der Waals surface area contributed by atoms with E-state index in [2.05, 4.69) is 106 Å². The van der Waals surface area contributed by atoms with Crippen LogP contribution in [0.4, 0.5) is 0 Å². The van der Waals surface area contributed by atoms with Crippen molar-refractivity contribution in [2.75, 3.05) is 7.11 Å². The number of nitrogens with zero attached hydrogens (tertiary/aromatic N) is 5. The zero-order chi connectivity index (χ0) is 24.0. The Kier molecular flexibility index (Phi) is 4.35. The van der Waals surface area contributed by atoms with Crippen LogP contribution in [0.1, 0.15) is 5.56 Å². The average Bonchev–Trinajstić information content (AvgIpc) is 3.49. The number of methoxy groups -OCH3 is 1. The molecule has 0 unspecified atom stereocenters. The quantitative estimate of drug-likeness (QED) is 0.212. The van der Waals surface area contributed by atoms with Gasteiger partial charge in [0.25, 0.3) is 0 Å². The van der Waals surface area contributed by atoms with Gasteiger partial charge < -0.3 is 0 Å². The summed E-state index contributed by atoms with van der Waals surface area (Å²) >= 11 is 0.711. The van der Waals surface area contributed by atoms with Gasteiger partial charge in [0.1, 0.15) is 0 Å². The molecule has 6 nitrogen and oxygen atoms in total. The first-order valence-electron chi connectivity index (χ1n) is 11.6. The van der Waals surface area contributed by atoms with Gasteiger partial charge in [0, 0.05) is 0 Å². The van der Waals surface area contributed by atoms with Gasteiger partial charge in [-0.1, -0.05) is 0 Å². The van der Waals surface area contributed by atoms with E-state index in [0.717, 1.165) is 45.0 Å². The van der Waals surface area contributed by atoms with E-state index >= 15 is 0 Å². The predicted molar refractivity (Wildman–Crippen MR) is 144 cm³/mol. The Morgan fingerprint density at radius 1 is 0.886 bits per heavy atom. The summed E-state index contributed by atoms with van der Waals surface area (Å²) in [6.07, 6.45) is 2.16. The van der Waals surface area contributed by atoms with Crippen LogP contribution >= 0.6 is 0 Å². The van der Waals surface area contributed by atoms with Crippen LogP contribution in [0.2, 0.25) is 0 Å². The number of hydrogen-bond acceptors (Lipinski definition) is 2. The van der Waals surface area contributed by atoms with Crippen LogP contribution in [0.25, 0.3) is 55.5 Å². The Hall–Kier alpha value is -3.44. The molecular weight excluding hydrogens is 631 g/mol. The van der Waals surface area contributed by atoms with Crippen LogP contribution < -0.4 is 12.6 Å². The summed E-state index contributed by atoms with van der Waals surface area (Å²) in [5.74, 6) is 2.89. The fourth-order valence-corrected chi connectivity index (χ4v) is 6.96. The molecule has 172 valence electrons. The summed E-state index contributed by atoms with van der Waals surface area (Å²) in [5.41, 5.74) is 7.99. The molecule has 0 radical (unpaired) electrons. The van der Waals surface area contributed by atoms with Crippen LogP contribution in [0.15, 0.2) is 66.9 Å². The first-order valence-corrected chi connectivity index (χ1v) is 13.9. The second-order valence-electron chi connectivity index (χ2n) is 9.15. The molecule has 0 aliphatic carbocycles. The molecule has 0 spiro atoms. The molecule has 7 aromatic rings. The topological polar surface area (TPSA) is 40.3 Å². The summed E-state index contributed by atoms with van der Waals surface area (Å²) in [4.78, 5) is 5.26. The molecule has 0 atom stereocenters. The second-order valence-corrected chi connectivity index (χ2v) is 11.6. The molecule has 0 aliphatic rings. The number of hydrogen-bond donors (Lipinski definition) is 0. The standard InChI is InChI=1S/C28H23N5O.Bi.2H/c1-17-24(34-4)14-13-23-25(17)33(28-29-20-10-6-8-12-22(20)32(23)28)27-26-19(15-16-30(27)2)18-9-5-7-11-21(18)31(26)3;;;/h5-9,11-16H,1-4H3;;;/q+1;;;. The first kappa shape index (κ1) is 20.9. The number of para-hydroxylation sites is 2. The third-order valence-corrected chi connectivity index (χ3v) is 9.12. The van der Waals surface area contributed by atoms with Gasteiger partial charge in [0.05, 0.1) is 0 Å². The van der Waals surface area contributed by atoms with Crippen molar-refractivity contribution in [2.24, 2.45) is 14.1 Å². The van der Waals surface area contributed by atoms with Crippen LogP contribution in [-0.2, 0) is 14.1 Å². The summed E-state index contributed by atoms with van der Waals surface area (Å²) in [7, 11) is 6.01. The number of fused-ring (bicyclic) bond motifs is 8. The van der Waals surface area contributed by atoms with Gasteiger partial charge >= 0.3 is 218 Å². The minimum atomic E-state index is 0.711. The molecule has 7 rings (SSSR count). The maximum absolute atomic E-state index is 5.76. The molecule has 35 heavy (non-hydrogen) atoms. The van der Waals surface area contributed by atoms with Gasteiger partial charge in [-0.25, -0.2) is 0 Å². The third-order valence-electron chi connectivity index (χ3n) is 7.31. The van der Waals surface area contributed by atoms with E-state index < -0.39 is 0 Å². The molecule has 4 heterocycles. The van der Waals surface area contributed by atoms with Crippen LogP contribution in [0, 0.1) is 6.92 Å². The average molecular weight is 657 g/mol. The Labute approximate surface area is 216 Å². The van der Waals surface area contributed by atoms with Gasteiger partial charge in [-0.05, 0) is 0 Å². The van der Waals surface area contributed by atoms with Crippen molar-refractivity contribution < 1.29 is 9.30 Å². The molecule has 7 heteroatoms. The van der Waals surface area contributed by atoms with Crippen molar-refractivity contribution in [3.8, 4) is 11.6 Å². The molecule has 3 aromatic carbocycles. The van der Waals surface area contributed by atoms with Gasteiger partial charge in [0.15, 0.2) is 0 Å². The van der Waals surface area contributed by atoms with Gasteiger partial charge in [0.2, 0.25) is 0 Å². The van der Waals surface area contributed by atoms with E-state index in [4.69, 9.17) is 9.72 Å². The Bertz CT molecular complexity index is 1990. The van der Waals surface area contributed by atoms with E-state index in [1.165, 1.54) is 25.1 Å².